The first-order chi connectivity index (χ1) is 18.1. The van der Waals surface area contributed by atoms with E-state index < -0.39 is 0 Å². The summed E-state index contributed by atoms with van der Waals surface area (Å²) in [6.07, 6.45) is 4.40. The normalized spacial score (nSPS) is 11.4. The predicted molar refractivity (Wildman–Crippen MR) is 156 cm³/mol. The lowest BCUT2D eigenvalue weighted by Gasteiger charge is -2.18. The predicted octanol–water partition coefficient (Wildman–Crippen LogP) is 7.77. The Balaban J connectivity index is 0.000000354. The average molecular weight is 565 g/mol. The summed E-state index contributed by atoms with van der Waals surface area (Å²) in [5.74, 6) is 4.33. The van der Waals surface area contributed by atoms with Gasteiger partial charge in [-0.2, -0.15) is 10.3 Å². The minimum atomic E-state index is -0.119. The molecule has 218 valence electrons. The molecule has 0 bridgehead atoms. The lowest BCUT2D eigenvalue weighted by Crippen LogP contribution is -2.13. The Kier molecular flexibility index (Phi) is 13.3. The van der Waals surface area contributed by atoms with E-state index in [4.69, 9.17) is 4.52 Å². The molecule has 1 heterocycles. The largest absolute Gasteiger partial charge is 0.508 e. The zero-order chi connectivity index (χ0) is 30.0. The summed E-state index contributed by atoms with van der Waals surface area (Å²) in [5, 5.41) is 34.9. The number of ketones is 1. The van der Waals surface area contributed by atoms with Crippen molar-refractivity contribution in [2.24, 2.45) is 16.7 Å². The molecule has 0 atom stereocenters. The number of hydrogen-bond acceptors (Lipinski definition) is 8. The fourth-order valence-corrected chi connectivity index (χ4v) is 4.14. The number of fused-ring (bicyclic) bond motifs is 1. The van der Waals surface area contributed by atoms with Crippen LogP contribution in [0.2, 0.25) is 0 Å². The Morgan fingerprint density at radius 3 is 1.95 bits per heavy atom. The molecule has 0 saturated heterocycles. The van der Waals surface area contributed by atoms with Gasteiger partial charge < -0.3 is 19.8 Å². The van der Waals surface area contributed by atoms with Crippen LogP contribution in [0, 0.1) is 10.8 Å². The molecule has 0 amide bonds. The van der Waals surface area contributed by atoms with Gasteiger partial charge in [0.25, 0.3) is 0 Å². The molecule has 0 saturated carbocycles. The second kappa shape index (κ2) is 15.1. The van der Waals surface area contributed by atoms with E-state index in [0.29, 0.717) is 29.7 Å². The summed E-state index contributed by atoms with van der Waals surface area (Å²) in [6.45, 7) is 16.5. The zero-order valence-electron chi connectivity index (χ0n) is 24.5. The lowest BCUT2D eigenvalue weighted by atomic mass is 9.87. The summed E-state index contributed by atoms with van der Waals surface area (Å²) in [4.78, 5) is 12.1. The fraction of sp³-hybridized carbons (Fsp3) is 0.533. The molecule has 3 aromatic rings. The van der Waals surface area contributed by atoms with Crippen LogP contribution >= 0.6 is 11.9 Å². The highest BCUT2D eigenvalue weighted by Crippen LogP contribution is 2.34. The number of nitrogens with two attached hydrogens (primary N) is 1. The maximum atomic E-state index is 12.1. The van der Waals surface area contributed by atoms with E-state index in [0.717, 1.165) is 47.9 Å². The van der Waals surface area contributed by atoms with Crippen LogP contribution in [0.25, 0.3) is 11.0 Å². The molecule has 0 aliphatic carbocycles. The maximum absolute atomic E-state index is 12.1. The van der Waals surface area contributed by atoms with Gasteiger partial charge >= 0.3 is 0 Å². The summed E-state index contributed by atoms with van der Waals surface area (Å²) in [5.41, 5.74) is 3.44. The van der Waals surface area contributed by atoms with E-state index in [1.54, 1.807) is 6.07 Å². The van der Waals surface area contributed by atoms with Crippen molar-refractivity contribution >= 4 is 28.6 Å². The molecule has 0 fully saturated rings. The highest BCUT2D eigenvalue weighted by molar-refractivity contribution is 6.07. The number of benzene rings is 2. The summed E-state index contributed by atoms with van der Waals surface area (Å²) >= 11 is 4.28. The standard InChI is InChI=1S/C15H21NO2.C15H22O3.ClH2NO/c1-5-6-11-13(17)8-7-10-12(9-15(2,3)4)16-18-14(10)11;1-5-6-10-12(16)8-7-11(14(10)18)13(17)9-15(2,3)4;1-3-2/h7-8,17H,5-6,9H2,1-4H3;7-8,16,18H,5-6,9H2,1-4H3;2H2. The molecule has 1 aromatic heterocycles. The summed E-state index contributed by atoms with van der Waals surface area (Å²) in [6, 6.07) is 6.64. The van der Waals surface area contributed by atoms with Gasteiger partial charge in [0.05, 0.1) is 23.1 Å². The average Bonchev–Trinajstić information content (AvgIpc) is 3.19. The smallest absolute Gasteiger partial charge is 0.174 e. The van der Waals surface area contributed by atoms with E-state index >= 15 is 0 Å². The number of phenolic OH excluding ortho intramolecular Hbond substituents is 3. The zero-order valence-corrected chi connectivity index (χ0v) is 25.3. The lowest BCUT2D eigenvalue weighted by molar-refractivity contribution is 0.0937. The number of aryl methyl sites for hydroxylation is 1. The highest BCUT2D eigenvalue weighted by atomic mass is 35.5. The van der Waals surface area contributed by atoms with Crippen molar-refractivity contribution < 1.29 is 29.0 Å². The number of carbonyl (C=O) groups excluding carboxylic acids is 1. The van der Waals surface area contributed by atoms with Crippen LogP contribution < -0.4 is 5.90 Å². The number of Topliss-reactive ketones (excluding diaryl/α,β-unsaturated/α-hetero) is 1. The van der Waals surface area contributed by atoms with Gasteiger partial charge in [0, 0.05) is 22.9 Å². The number of hydrogen-bond donors (Lipinski definition) is 4. The third-order valence-corrected chi connectivity index (χ3v) is 5.74. The third-order valence-electron chi connectivity index (χ3n) is 5.74. The van der Waals surface area contributed by atoms with Crippen LogP contribution in [0.3, 0.4) is 0 Å². The number of phenols is 3. The van der Waals surface area contributed by atoms with Crippen molar-refractivity contribution in [2.45, 2.75) is 93.9 Å². The van der Waals surface area contributed by atoms with Crippen molar-refractivity contribution in [3.63, 3.8) is 0 Å². The van der Waals surface area contributed by atoms with Crippen LogP contribution in [0.15, 0.2) is 28.8 Å². The SMILES string of the molecule is CCCc1c(O)ccc(C(=O)CC(C)(C)C)c1O.CCCc1c(O)ccc2c(CC(C)(C)C)noc12.NOCl. The quantitative estimate of drug-likeness (QED) is 0.168. The first kappa shape index (κ1) is 34.2. The van der Waals surface area contributed by atoms with Gasteiger partial charge in [0.2, 0.25) is 0 Å². The number of halogens is 1. The van der Waals surface area contributed by atoms with Crippen molar-refractivity contribution in [3.05, 3.63) is 46.6 Å². The number of nitrogens with zero attached hydrogens (tertiary/aromatic N) is 1. The van der Waals surface area contributed by atoms with Crippen LogP contribution in [-0.4, -0.2) is 26.3 Å². The number of aromatic nitrogens is 1. The fourth-order valence-electron chi connectivity index (χ4n) is 4.14. The van der Waals surface area contributed by atoms with Crippen LogP contribution in [0.4, 0.5) is 0 Å². The van der Waals surface area contributed by atoms with Gasteiger partial charge in [-0.3, -0.25) is 4.79 Å². The Hall–Kier alpha value is -2.81. The Morgan fingerprint density at radius 1 is 0.923 bits per heavy atom. The second-order valence-corrected chi connectivity index (χ2v) is 12.2. The van der Waals surface area contributed by atoms with Gasteiger partial charge in [-0.1, -0.05) is 73.4 Å². The topological polar surface area (TPSA) is 139 Å². The number of rotatable bonds is 7. The van der Waals surface area contributed by atoms with Gasteiger partial charge in [-0.05, 0) is 54.4 Å². The van der Waals surface area contributed by atoms with Crippen molar-refractivity contribution in [1.82, 2.24) is 5.16 Å². The highest BCUT2D eigenvalue weighted by Gasteiger charge is 2.22. The molecule has 0 aliphatic heterocycles. The molecule has 2 aromatic carbocycles. The molecule has 0 aliphatic rings. The van der Waals surface area contributed by atoms with Gasteiger partial charge in [0.1, 0.15) is 17.2 Å². The molecule has 8 nitrogen and oxygen atoms in total. The Labute approximate surface area is 237 Å². The molecular formula is C30H45ClN2O6. The number of aromatic hydroxyl groups is 3. The van der Waals surface area contributed by atoms with E-state index in [9.17, 15) is 20.1 Å². The van der Waals surface area contributed by atoms with Gasteiger partial charge in [-0.15, -0.1) is 0 Å². The Morgan fingerprint density at radius 2 is 1.44 bits per heavy atom. The second-order valence-electron chi connectivity index (χ2n) is 12.0. The molecule has 0 spiro atoms. The minimum Gasteiger partial charge on any atom is -0.508 e. The van der Waals surface area contributed by atoms with E-state index in [-0.39, 0.29) is 28.1 Å². The summed E-state index contributed by atoms with van der Waals surface area (Å²) < 4.78 is 8.67. The van der Waals surface area contributed by atoms with Crippen molar-refractivity contribution in [1.29, 1.82) is 0 Å². The van der Waals surface area contributed by atoms with Crippen LogP contribution in [-0.2, 0) is 23.7 Å². The van der Waals surface area contributed by atoms with Crippen molar-refractivity contribution in [3.8, 4) is 17.2 Å². The molecular weight excluding hydrogens is 520 g/mol. The maximum Gasteiger partial charge on any atom is 0.174 e. The van der Waals surface area contributed by atoms with Crippen LogP contribution in [0.1, 0.15) is 102 Å². The van der Waals surface area contributed by atoms with E-state index in [1.165, 1.54) is 12.1 Å². The minimum absolute atomic E-state index is 0.0571. The van der Waals surface area contributed by atoms with E-state index in [2.05, 4.69) is 55.0 Å². The van der Waals surface area contributed by atoms with E-state index in [1.807, 2.05) is 33.8 Å². The number of carbonyl (C=O) groups is 1. The molecule has 5 N–H and O–H groups in total. The molecule has 3 rings (SSSR count). The van der Waals surface area contributed by atoms with Gasteiger partial charge in [0.15, 0.2) is 11.4 Å². The molecule has 39 heavy (non-hydrogen) atoms. The van der Waals surface area contributed by atoms with Gasteiger partial charge in [-0.25, -0.2) is 0 Å². The molecule has 0 unspecified atom stereocenters. The van der Waals surface area contributed by atoms with Crippen molar-refractivity contribution in [2.75, 3.05) is 0 Å². The molecule has 0 radical (unpaired) electrons. The summed E-state index contributed by atoms with van der Waals surface area (Å²) in [7, 11) is 0. The third kappa shape index (κ3) is 10.7. The Bertz CT molecular complexity index is 1210. The first-order valence-corrected chi connectivity index (χ1v) is 13.5. The first-order valence-electron chi connectivity index (χ1n) is 13.2. The monoisotopic (exact) mass is 564 g/mol. The molecule has 9 heteroatoms. The van der Waals surface area contributed by atoms with Crippen LogP contribution in [0.5, 0.6) is 17.2 Å².